The van der Waals surface area contributed by atoms with Crippen LogP contribution >= 0.6 is 0 Å². The van der Waals surface area contributed by atoms with Crippen LogP contribution in [0.3, 0.4) is 0 Å². The molecule has 1 saturated carbocycles. The second kappa shape index (κ2) is 8.52. The van der Waals surface area contributed by atoms with E-state index in [-0.39, 0.29) is 17.9 Å². The molecule has 8 heteroatoms. The highest BCUT2D eigenvalue weighted by molar-refractivity contribution is 5.73. The van der Waals surface area contributed by atoms with Crippen LogP contribution < -0.4 is 5.73 Å². The highest BCUT2D eigenvalue weighted by Crippen LogP contribution is 2.25. The monoisotopic (exact) mass is 333 g/mol. The molecule has 0 aliphatic heterocycles. The number of carbonyl (C=O) groups excluding carboxylic acids is 1. The molecule has 128 valence electrons. The van der Waals surface area contributed by atoms with E-state index in [2.05, 4.69) is 0 Å². The molecule has 0 heterocycles. The zero-order valence-corrected chi connectivity index (χ0v) is 12.3. The molecule has 0 aromatic heterocycles. The highest BCUT2D eigenvalue weighted by atomic mass is 19.4. The lowest BCUT2D eigenvalue weighted by atomic mass is 10.1. The number of nitrogens with two attached hydrogens (primary N) is 1. The van der Waals surface area contributed by atoms with Gasteiger partial charge >= 0.3 is 18.1 Å². The van der Waals surface area contributed by atoms with Crippen LogP contribution in [0.5, 0.6) is 0 Å². The molecular formula is C15H18F3NO4. The largest absolute Gasteiger partial charge is 0.490 e. The molecule has 1 fully saturated rings. The van der Waals surface area contributed by atoms with Gasteiger partial charge in [0, 0.05) is 6.04 Å². The van der Waals surface area contributed by atoms with Gasteiger partial charge in [-0.25, -0.2) is 4.79 Å². The Morgan fingerprint density at radius 2 is 1.78 bits per heavy atom. The molecule has 0 saturated heterocycles. The van der Waals surface area contributed by atoms with Crippen molar-refractivity contribution in [3.8, 4) is 0 Å². The number of carboxylic acids is 1. The fourth-order valence-electron chi connectivity index (χ4n) is 2.08. The molecule has 1 aromatic rings. The quantitative estimate of drug-likeness (QED) is 0.830. The van der Waals surface area contributed by atoms with Crippen molar-refractivity contribution in [1.29, 1.82) is 0 Å². The summed E-state index contributed by atoms with van der Waals surface area (Å²) in [4.78, 5) is 20.6. The maximum atomic E-state index is 11.7. The van der Waals surface area contributed by atoms with E-state index in [0.29, 0.717) is 6.61 Å². The van der Waals surface area contributed by atoms with Crippen molar-refractivity contribution in [2.45, 2.75) is 38.1 Å². The summed E-state index contributed by atoms with van der Waals surface area (Å²) in [5.74, 6) is -2.84. The Labute approximate surface area is 131 Å². The molecule has 0 spiro atoms. The summed E-state index contributed by atoms with van der Waals surface area (Å²) in [6.45, 7) is 0.366. The zero-order valence-electron chi connectivity index (χ0n) is 12.3. The van der Waals surface area contributed by atoms with Crippen molar-refractivity contribution >= 4 is 11.9 Å². The standard InChI is InChI=1S/C13H17NO2.C2HF3O2/c14-12-7-6-11(8-12)13(15)16-9-10-4-2-1-3-5-10;3-2(4,5)1(6)7/h1-5,11-12H,6-9,14H2;(H,6,7)/t11-,12+;/m1./s1. The summed E-state index contributed by atoms with van der Waals surface area (Å²) in [5.41, 5.74) is 6.79. The van der Waals surface area contributed by atoms with Gasteiger partial charge in [-0.05, 0) is 24.8 Å². The molecule has 2 atom stereocenters. The summed E-state index contributed by atoms with van der Waals surface area (Å²) in [5, 5.41) is 7.12. The minimum absolute atomic E-state index is 0.0127. The van der Waals surface area contributed by atoms with Gasteiger partial charge in [-0.15, -0.1) is 0 Å². The molecule has 0 radical (unpaired) electrons. The Morgan fingerprint density at radius 1 is 1.22 bits per heavy atom. The number of benzene rings is 1. The van der Waals surface area contributed by atoms with Crippen LogP contribution in [0, 0.1) is 5.92 Å². The topological polar surface area (TPSA) is 89.6 Å². The summed E-state index contributed by atoms with van der Waals surface area (Å²) >= 11 is 0. The molecule has 1 aliphatic rings. The van der Waals surface area contributed by atoms with E-state index in [0.717, 1.165) is 24.8 Å². The number of aliphatic carboxylic acids is 1. The van der Waals surface area contributed by atoms with Crippen molar-refractivity contribution < 1.29 is 32.6 Å². The van der Waals surface area contributed by atoms with E-state index in [1.807, 2.05) is 30.3 Å². The Hall–Kier alpha value is -2.09. The predicted octanol–water partition coefficient (Wildman–Crippen LogP) is 2.49. The number of carboxylic acid groups (broad SMARTS) is 1. The van der Waals surface area contributed by atoms with Crippen molar-refractivity contribution in [1.82, 2.24) is 0 Å². The van der Waals surface area contributed by atoms with E-state index in [9.17, 15) is 18.0 Å². The zero-order chi connectivity index (χ0) is 17.5. The Bertz CT molecular complexity index is 519. The smallest absolute Gasteiger partial charge is 0.475 e. The highest BCUT2D eigenvalue weighted by Gasteiger charge is 2.38. The number of rotatable bonds is 3. The molecule has 0 bridgehead atoms. The predicted molar refractivity (Wildman–Crippen MR) is 75.2 cm³/mol. The Kier molecular flexibility index (Phi) is 7.02. The van der Waals surface area contributed by atoms with E-state index in [1.54, 1.807) is 0 Å². The first-order valence-electron chi connectivity index (χ1n) is 6.96. The average molecular weight is 333 g/mol. The van der Waals surface area contributed by atoms with Gasteiger partial charge in [-0.1, -0.05) is 30.3 Å². The Morgan fingerprint density at radius 3 is 2.22 bits per heavy atom. The third-order valence-electron chi connectivity index (χ3n) is 3.27. The summed E-state index contributed by atoms with van der Waals surface area (Å²) in [6.07, 6.45) is -2.51. The maximum Gasteiger partial charge on any atom is 0.490 e. The van der Waals surface area contributed by atoms with Crippen molar-refractivity contribution in [2.75, 3.05) is 0 Å². The van der Waals surface area contributed by atoms with E-state index in [4.69, 9.17) is 20.4 Å². The number of alkyl halides is 3. The van der Waals surface area contributed by atoms with Crippen LogP contribution in [0.4, 0.5) is 13.2 Å². The minimum Gasteiger partial charge on any atom is -0.475 e. The van der Waals surface area contributed by atoms with E-state index < -0.39 is 12.1 Å². The summed E-state index contributed by atoms with van der Waals surface area (Å²) in [7, 11) is 0. The van der Waals surface area contributed by atoms with Gasteiger partial charge in [0.05, 0.1) is 5.92 Å². The molecular weight excluding hydrogens is 315 g/mol. The third-order valence-corrected chi connectivity index (χ3v) is 3.27. The molecule has 1 aliphatic carbocycles. The van der Waals surface area contributed by atoms with Crippen LogP contribution in [-0.4, -0.2) is 29.3 Å². The van der Waals surface area contributed by atoms with Gasteiger partial charge < -0.3 is 15.6 Å². The maximum absolute atomic E-state index is 11.7. The van der Waals surface area contributed by atoms with Crippen LogP contribution in [0.25, 0.3) is 0 Å². The molecule has 2 rings (SSSR count). The molecule has 1 aromatic carbocycles. The SMILES string of the molecule is N[C@H]1CC[C@@H](C(=O)OCc2ccccc2)C1.O=C(O)C(F)(F)F. The fourth-order valence-corrected chi connectivity index (χ4v) is 2.08. The molecule has 3 N–H and O–H groups in total. The lowest BCUT2D eigenvalue weighted by Crippen LogP contribution is -2.21. The van der Waals surface area contributed by atoms with Crippen molar-refractivity contribution in [2.24, 2.45) is 11.7 Å². The van der Waals surface area contributed by atoms with Crippen LogP contribution in [0.1, 0.15) is 24.8 Å². The van der Waals surface area contributed by atoms with Crippen LogP contribution in [0.2, 0.25) is 0 Å². The number of esters is 1. The van der Waals surface area contributed by atoms with E-state index >= 15 is 0 Å². The summed E-state index contributed by atoms with van der Waals surface area (Å²) < 4.78 is 37.0. The Balaban J connectivity index is 0.000000322. The minimum atomic E-state index is -5.08. The molecule has 0 unspecified atom stereocenters. The summed E-state index contributed by atoms with van der Waals surface area (Å²) in [6, 6.07) is 9.90. The van der Waals surface area contributed by atoms with Crippen LogP contribution in [-0.2, 0) is 20.9 Å². The lowest BCUT2D eigenvalue weighted by molar-refractivity contribution is -0.192. The molecule has 23 heavy (non-hydrogen) atoms. The van der Waals surface area contributed by atoms with Gasteiger partial charge in [0.15, 0.2) is 0 Å². The number of carbonyl (C=O) groups is 2. The second-order valence-electron chi connectivity index (χ2n) is 5.17. The van der Waals surface area contributed by atoms with E-state index in [1.165, 1.54) is 0 Å². The van der Waals surface area contributed by atoms with Crippen molar-refractivity contribution in [3.63, 3.8) is 0 Å². The third kappa shape index (κ3) is 7.14. The van der Waals surface area contributed by atoms with Gasteiger partial charge in [0.25, 0.3) is 0 Å². The second-order valence-corrected chi connectivity index (χ2v) is 5.17. The van der Waals surface area contributed by atoms with Crippen molar-refractivity contribution in [3.05, 3.63) is 35.9 Å². The van der Waals surface area contributed by atoms with Gasteiger partial charge in [0.2, 0.25) is 0 Å². The lowest BCUT2D eigenvalue weighted by Gasteiger charge is -2.09. The first kappa shape index (κ1) is 19.0. The fraction of sp³-hybridized carbons (Fsp3) is 0.467. The van der Waals surface area contributed by atoms with Gasteiger partial charge in [0.1, 0.15) is 6.61 Å². The normalized spacial score (nSPS) is 20.3. The molecule has 0 amide bonds. The number of halogens is 3. The van der Waals surface area contributed by atoms with Gasteiger partial charge in [-0.3, -0.25) is 4.79 Å². The first-order valence-corrected chi connectivity index (χ1v) is 6.96. The average Bonchev–Trinajstić information content (AvgIpc) is 2.92. The molecule has 5 nitrogen and oxygen atoms in total. The number of hydrogen-bond acceptors (Lipinski definition) is 4. The number of hydrogen-bond donors (Lipinski definition) is 2. The first-order chi connectivity index (χ1) is 10.7. The van der Waals surface area contributed by atoms with Crippen LogP contribution in [0.15, 0.2) is 30.3 Å². The van der Waals surface area contributed by atoms with Gasteiger partial charge in [-0.2, -0.15) is 13.2 Å². The number of ether oxygens (including phenoxy) is 1.